The number of fused-ring (bicyclic) bond motifs is 3. The van der Waals surface area contributed by atoms with Gasteiger partial charge in [-0.25, -0.2) is 9.59 Å². The van der Waals surface area contributed by atoms with E-state index in [9.17, 15) is 19.5 Å². The third kappa shape index (κ3) is 3.72. The predicted molar refractivity (Wildman–Crippen MR) is 123 cm³/mol. The van der Waals surface area contributed by atoms with Gasteiger partial charge in [-0.15, -0.1) is 0 Å². The van der Waals surface area contributed by atoms with Crippen LogP contribution in [0.5, 0.6) is 0 Å². The number of alkyl carbamates (subject to hydrolysis) is 1. The van der Waals surface area contributed by atoms with Crippen LogP contribution in [0, 0.1) is 0 Å². The molecule has 2 aliphatic heterocycles. The van der Waals surface area contributed by atoms with Crippen molar-refractivity contribution in [1.29, 1.82) is 0 Å². The minimum atomic E-state index is -1.25. The molecule has 5 rings (SSSR count). The standard InChI is InChI=1S/C26H28N2O6/c1-26(24(30)31)12-6-13-28(26)23(29)22-21(11-14-33-22)27-25(32)34-15-20-18-9-4-2-7-16(18)17-8-3-5-10-19(17)20/h2-5,7-10,20-22H,6,11-15H2,1H3,(H,27,32)(H,30,31)/t21?,22?,26-/m0/s1. The molecule has 2 aromatic carbocycles. The molecule has 1 aliphatic carbocycles. The van der Waals surface area contributed by atoms with Crippen LogP contribution in [-0.2, 0) is 19.1 Å². The number of ether oxygens (including phenoxy) is 2. The Kier molecular flexibility index (Phi) is 5.77. The first kappa shape index (κ1) is 22.4. The number of nitrogens with one attached hydrogen (secondary N) is 1. The number of aliphatic carboxylic acids is 1. The van der Waals surface area contributed by atoms with Gasteiger partial charge in [0, 0.05) is 19.1 Å². The molecule has 2 amide bonds. The summed E-state index contributed by atoms with van der Waals surface area (Å²) in [6, 6.07) is 15.6. The molecule has 178 valence electrons. The van der Waals surface area contributed by atoms with Crippen LogP contribution in [0.3, 0.4) is 0 Å². The van der Waals surface area contributed by atoms with E-state index in [-0.39, 0.29) is 12.5 Å². The summed E-state index contributed by atoms with van der Waals surface area (Å²) in [5.74, 6) is -1.49. The summed E-state index contributed by atoms with van der Waals surface area (Å²) < 4.78 is 11.2. The highest BCUT2D eigenvalue weighted by molar-refractivity contribution is 5.90. The number of nitrogens with zero attached hydrogens (tertiary/aromatic N) is 1. The van der Waals surface area contributed by atoms with Crippen LogP contribution in [-0.4, -0.2) is 65.4 Å². The van der Waals surface area contributed by atoms with Crippen molar-refractivity contribution in [2.75, 3.05) is 19.8 Å². The normalized spacial score (nSPS) is 25.6. The smallest absolute Gasteiger partial charge is 0.407 e. The number of carboxylic acid groups (broad SMARTS) is 1. The maximum atomic E-state index is 13.1. The lowest BCUT2D eigenvalue weighted by molar-refractivity contribution is -0.159. The Morgan fingerprint density at radius 3 is 2.41 bits per heavy atom. The molecule has 3 aliphatic rings. The summed E-state index contributed by atoms with van der Waals surface area (Å²) in [5.41, 5.74) is 3.28. The van der Waals surface area contributed by atoms with Crippen molar-refractivity contribution >= 4 is 18.0 Å². The van der Waals surface area contributed by atoms with Crippen molar-refractivity contribution < 1.29 is 29.0 Å². The summed E-state index contributed by atoms with van der Waals surface area (Å²) in [7, 11) is 0. The Morgan fingerprint density at radius 1 is 1.12 bits per heavy atom. The first-order valence-electron chi connectivity index (χ1n) is 11.7. The minimum absolute atomic E-state index is 0.0590. The van der Waals surface area contributed by atoms with E-state index in [1.807, 2.05) is 24.3 Å². The average molecular weight is 465 g/mol. The van der Waals surface area contributed by atoms with E-state index < -0.39 is 35.7 Å². The van der Waals surface area contributed by atoms with Gasteiger partial charge in [0.05, 0.1) is 6.04 Å². The fourth-order valence-electron chi connectivity index (χ4n) is 5.46. The van der Waals surface area contributed by atoms with Crippen molar-refractivity contribution in [2.24, 2.45) is 0 Å². The molecule has 2 fully saturated rings. The quantitative estimate of drug-likeness (QED) is 0.704. The highest BCUT2D eigenvalue weighted by Crippen LogP contribution is 2.44. The van der Waals surface area contributed by atoms with Gasteiger partial charge in [-0.2, -0.15) is 0 Å². The number of carboxylic acids is 1. The number of rotatable bonds is 5. The van der Waals surface area contributed by atoms with Gasteiger partial charge < -0.3 is 24.8 Å². The molecule has 2 aromatic rings. The van der Waals surface area contributed by atoms with Gasteiger partial charge in [0.2, 0.25) is 0 Å². The number of likely N-dealkylation sites (tertiary alicyclic amines) is 1. The van der Waals surface area contributed by atoms with Gasteiger partial charge in [0.1, 0.15) is 12.1 Å². The van der Waals surface area contributed by atoms with Gasteiger partial charge in [-0.3, -0.25) is 4.79 Å². The molecule has 0 radical (unpaired) electrons. The van der Waals surface area contributed by atoms with Crippen molar-refractivity contribution in [3.8, 4) is 11.1 Å². The lowest BCUT2D eigenvalue weighted by atomic mass is 9.98. The summed E-state index contributed by atoms with van der Waals surface area (Å²) in [6.45, 7) is 2.40. The van der Waals surface area contributed by atoms with E-state index >= 15 is 0 Å². The monoisotopic (exact) mass is 464 g/mol. The Morgan fingerprint density at radius 2 is 1.76 bits per heavy atom. The van der Waals surface area contributed by atoms with E-state index in [1.165, 1.54) is 4.90 Å². The fourth-order valence-corrected chi connectivity index (χ4v) is 5.46. The topological polar surface area (TPSA) is 105 Å². The Balaban J connectivity index is 1.24. The second-order valence-electron chi connectivity index (χ2n) is 9.33. The summed E-state index contributed by atoms with van der Waals surface area (Å²) in [5, 5.41) is 12.4. The lowest BCUT2D eigenvalue weighted by Gasteiger charge is -2.34. The van der Waals surface area contributed by atoms with Crippen LogP contribution in [0.2, 0.25) is 0 Å². The highest BCUT2D eigenvalue weighted by Gasteiger charge is 2.50. The van der Waals surface area contributed by atoms with Crippen LogP contribution in [0.15, 0.2) is 48.5 Å². The molecule has 2 N–H and O–H groups in total. The first-order chi connectivity index (χ1) is 16.4. The number of benzene rings is 2. The van der Waals surface area contributed by atoms with Crippen LogP contribution in [0.1, 0.15) is 43.2 Å². The second-order valence-corrected chi connectivity index (χ2v) is 9.33. The molecular weight excluding hydrogens is 436 g/mol. The van der Waals surface area contributed by atoms with E-state index in [0.29, 0.717) is 32.4 Å². The van der Waals surface area contributed by atoms with Gasteiger partial charge in [0.15, 0.2) is 6.10 Å². The third-order valence-corrected chi connectivity index (χ3v) is 7.35. The molecule has 2 heterocycles. The molecule has 0 saturated carbocycles. The summed E-state index contributed by atoms with van der Waals surface area (Å²) >= 11 is 0. The molecule has 8 nitrogen and oxygen atoms in total. The number of carbonyl (C=O) groups excluding carboxylic acids is 2. The molecule has 3 atom stereocenters. The van der Waals surface area contributed by atoms with Crippen molar-refractivity contribution in [1.82, 2.24) is 10.2 Å². The van der Waals surface area contributed by atoms with E-state index in [2.05, 4.69) is 29.6 Å². The lowest BCUT2D eigenvalue weighted by Crippen LogP contribution is -2.57. The zero-order valence-corrected chi connectivity index (χ0v) is 19.0. The minimum Gasteiger partial charge on any atom is -0.480 e. The predicted octanol–water partition coefficient (Wildman–Crippen LogP) is 3.15. The van der Waals surface area contributed by atoms with Crippen molar-refractivity contribution in [2.45, 2.75) is 49.8 Å². The SMILES string of the molecule is C[C@@]1(C(=O)O)CCCN1C(=O)C1OCCC1NC(=O)OCC1c2ccccc2-c2ccccc21. The largest absolute Gasteiger partial charge is 0.480 e. The maximum absolute atomic E-state index is 13.1. The van der Waals surface area contributed by atoms with Crippen LogP contribution in [0.25, 0.3) is 11.1 Å². The first-order valence-corrected chi connectivity index (χ1v) is 11.7. The molecule has 0 aromatic heterocycles. The number of carbonyl (C=O) groups is 3. The number of hydrogen-bond acceptors (Lipinski definition) is 5. The molecule has 0 bridgehead atoms. The Labute approximate surface area is 197 Å². The molecular formula is C26H28N2O6. The van der Waals surface area contributed by atoms with Gasteiger partial charge in [0.25, 0.3) is 5.91 Å². The van der Waals surface area contributed by atoms with Crippen LogP contribution in [0.4, 0.5) is 4.79 Å². The highest BCUT2D eigenvalue weighted by atomic mass is 16.6. The Bertz CT molecular complexity index is 1090. The molecule has 0 spiro atoms. The summed E-state index contributed by atoms with van der Waals surface area (Å²) in [4.78, 5) is 39.0. The van der Waals surface area contributed by atoms with Gasteiger partial charge in [-0.1, -0.05) is 48.5 Å². The number of amides is 2. The van der Waals surface area contributed by atoms with Crippen LogP contribution < -0.4 is 5.32 Å². The third-order valence-electron chi connectivity index (χ3n) is 7.35. The maximum Gasteiger partial charge on any atom is 0.407 e. The molecule has 8 heteroatoms. The summed E-state index contributed by atoms with van der Waals surface area (Å²) in [6.07, 6.45) is -0.0651. The van der Waals surface area contributed by atoms with E-state index in [1.54, 1.807) is 6.92 Å². The average Bonchev–Trinajstić information content (AvgIpc) is 3.54. The zero-order chi connectivity index (χ0) is 23.9. The van der Waals surface area contributed by atoms with E-state index in [0.717, 1.165) is 22.3 Å². The zero-order valence-electron chi connectivity index (χ0n) is 19.0. The fraction of sp³-hybridized carbons (Fsp3) is 0.423. The molecule has 2 unspecified atom stereocenters. The van der Waals surface area contributed by atoms with Crippen LogP contribution >= 0.6 is 0 Å². The molecule has 34 heavy (non-hydrogen) atoms. The number of hydrogen-bond donors (Lipinski definition) is 2. The van der Waals surface area contributed by atoms with Crippen molar-refractivity contribution in [3.63, 3.8) is 0 Å². The Hall–Kier alpha value is -3.39. The van der Waals surface area contributed by atoms with Gasteiger partial charge >= 0.3 is 12.1 Å². The second kappa shape index (κ2) is 8.76. The van der Waals surface area contributed by atoms with Gasteiger partial charge in [-0.05, 0) is 48.4 Å². The van der Waals surface area contributed by atoms with E-state index in [4.69, 9.17) is 9.47 Å². The van der Waals surface area contributed by atoms with Crippen molar-refractivity contribution in [3.05, 3.63) is 59.7 Å². The molecule has 2 saturated heterocycles.